The standard InChI is InChI=1S/C24H30BrN3O8S/c1-3-11-26(12-4-2)37(34,35)18-7-5-16(6-8-18)22(31)28-23(32)17(9-10-25)14-27(24(28)33)21-13-19(30)20(15-29)36-21/h5-10,14,19-21,29-30H,3-4,11-13,15H2,1-2H3/t19-,20+,21+/m0/s1. The lowest BCUT2D eigenvalue weighted by Crippen LogP contribution is -2.45. The predicted octanol–water partition coefficient (Wildman–Crippen LogP) is 1.52. The van der Waals surface area contributed by atoms with E-state index in [4.69, 9.17) is 4.74 Å². The summed E-state index contributed by atoms with van der Waals surface area (Å²) in [4.78, 5) is 41.0. The Kier molecular flexibility index (Phi) is 9.78. The second-order valence-corrected chi connectivity index (χ2v) is 11.0. The lowest BCUT2D eigenvalue weighted by atomic mass is 10.2. The minimum absolute atomic E-state index is 0.00457. The minimum Gasteiger partial charge on any atom is -0.394 e. The molecule has 0 amide bonds. The van der Waals surface area contributed by atoms with Gasteiger partial charge in [0.05, 0.1) is 23.2 Å². The predicted molar refractivity (Wildman–Crippen MR) is 140 cm³/mol. The first-order valence-electron chi connectivity index (χ1n) is 11.8. The zero-order valence-electron chi connectivity index (χ0n) is 20.5. The van der Waals surface area contributed by atoms with Gasteiger partial charge in [0.1, 0.15) is 12.3 Å². The van der Waals surface area contributed by atoms with Gasteiger partial charge in [-0.1, -0.05) is 29.8 Å². The van der Waals surface area contributed by atoms with E-state index >= 15 is 0 Å². The Hall–Kier alpha value is -2.42. The van der Waals surface area contributed by atoms with Crippen LogP contribution in [0.15, 0.2) is 49.9 Å². The number of hydrogen-bond acceptors (Lipinski definition) is 8. The number of aromatic nitrogens is 2. The highest BCUT2D eigenvalue weighted by Gasteiger charge is 2.36. The molecule has 202 valence electrons. The number of carbonyl (C=O) groups is 1. The zero-order chi connectivity index (χ0) is 27.3. The van der Waals surface area contributed by atoms with Crippen molar-refractivity contribution >= 4 is 37.9 Å². The van der Waals surface area contributed by atoms with Crippen molar-refractivity contribution in [2.24, 2.45) is 0 Å². The third kappa shape index (κ3) is 6.02. The van der Waals surface area contributed by atoms with E-state index in [0.717, 1.165) is 4.57 Å². The highest BCUT2D eigenvalue weighted by atomic mass is 79.9. The van der Waals surface area contributed by atoms with Gasteiger partial charge in [-0.25, -0.2) is 13.2 Å². The Bertz CT molecular complexity index is 1360. The Morgan fingerprint density at radius 2 is 1.81 bits per heavy atom. The van der Waals surface area contributed by atoms with E-state index in [-0.39, 0.29) is 22.4 Å². The van der Waals surface area contributed by atoms with Crippen molar-refractivity contribution in [1.82, 2.24) is 13.4 Å². The zero-order valence-corrected chi connectivity index (χ0v) is 22.9. The summed E-state index contributed by atoms with van der Waals surface area (Å²) in [6, 6.07) is 5.06. The molecule has 0 saturated carbocycles. The number of halogens is 1. The summed E-state index contributed by atoms with van der Waals surface area (Å²) in [6.45, 7) is 4.00. The molecule has 2 N–H and O–H groups in total. The Balaban J connectivity index is 2.04. The second kappa shape index (κ2) is 12.4. The summed E-state index contributed by atoms with van der Waals surface area (Å²) >= 11 is 3.08. The number of sulfonamides is 1. The molecule has 11 nitrogen and oxygen atoms in total. The number of rotatable bonds is 10. The van der Waals surface area contributed by atoms with Crippen LogP contribution in [0.5, 0.6) is 0 Å². The van der Waals surface area contributed by atoms with Crippen molar-refractivity contribution in [1.29, 1.82) is 0 Å². The van der Waals surface area contributed by atoms with Gasteiger partial charge >= 0.3 is 5.69 Å². The molecule has 2 heterocycles. The van der Waals surface area contributed by atoms with Gasteiger partial charge in [-0.2, -0.15) is 8.87 Å². The number of nitrogens with zero attached hydrogens (tertiary/aromatic N) is 3. The first kappa shape index (κ1) is 29.1. The van der Waals surface area contributed by atoms with Gasteiger partial charge in [0, 0.05) is 31.3 Å². The largest absolute Gasteiger partial charge is 0.394 e. The lowest BCUT2D eigenvalue weighted by Gasteiger charge is -2.21. The molecule has 1 fully saturated rings. The smallest absolute Gasteiger partial charge is 0.340 e. The molecule has 1 aromatic heterocycles. The van der Waals surface area contributed by atoms with Crippen LogP contribution in [0.25, 0.3) is 6.08 Å². The summed E-state index contributed by atoms with van der Waals surface area (Å²) < 4.78 is 34.4. The first-order valence-corrected chi connectivity index (χ1v) is 14.2. The summed E-state index contributed by atoms with van der Waals surface area (Å²) in [5, 5.41) is 19.5. The van der Waals surface area contributed by atoms with Crippen molar-refractivity contribution in [2.45, 2.75) is 56.4 Å². The molecular formula is C24H30BrN3O8S. The van der Waals surface area contributed by atoms with E-state index in [0.29, 0.717) is 30.5 Å². The van der Waals surface area contributed by atoms with E-state index in [2.05, 4.69) is 15.9 Å². The van der Waals surface area contributed by atoms with Gasteiger partial charge in [0.2, 0.25) is 10.0 Å². The number of carbonyl (C=O) groups excluding carboxylic acids is 1. The highest BCUT2D eigenvalue weighted by Crippen LogP contribution is 2.27. The monoisotopic (exact) mass is 599 g/mol. The molecule has 1 saturated heterocycles. The average molecular weight is 600 g/mol. The summed E-state index contributed by atoms with van der Waals surface area (Å²) in [5.41, 5.74) is -1.95. The second-order valence-electron chi connectivity index (χ2n) is 8.56. The molecule has 2 aromatic rings. The van der Waals surface area contributed by atoms with Crippen LogP contribution in [0, 0.1) is 0 Å². The molecule has 3 rings (SSSR count). The van der Waals surface area contributed by atoms with Gasteiger partial charge in [0.25, 0.3) is 11.5 Å². The molecule has 1 aromatic carbocycles. The molecule has 0 radical (unpaired) electrons. The van der Waals surface area contributed by atoms with E-state index < -0.39 is 52.2 Å². The quantitative estimate of drug-likeness (QED) is 0.417. The molecular weight excluding hydrogens is 570 g/mol. The maximum Gasteiger partial charge on any atom is 0.340 e. The number of hydrogen-bond donors (Lipinski definition) is 2. The summed E-state index contributed by atoms with van der Waals surface area (Å²) in [6.07, 6.45) is 0.846. The van der Waals surface area contributed by atoms with Crippen molar-refractivity contribution in [2.75, 3.05) is 19.7 Å². The summed E-state index contributed by atoms with van der Waals surface area (Å²) in [5.74, 6) is -0.950. The number of benzene rings is 1. The Morgan fingerprint density at radius 3 is 2.32 bits per heavy atom. The molecule has 0 aliphatic carbocycles. The molecule has 37 heavy (non-hydrogen) atoms. The Morgan fingerprint density at radius 1 is 1.19 bits per heavy atom. The Labute approximate surface area is 222 Å². The van der Waals surface area contributed by atoms with Crippen LogP contribution in [-0.2, 0) is 14.8 Å². The van der Waals surface area contributed by atoms with E-state index in [1.165, 1.54) is 45.8 Å². The van der Waals surface area contributed by atoms with Crippen LogP contribution < -0.4 is 11.2 Å². The van der Waals surface area contributed by atoms with Gasteiger partial charge in [0.15, 0.2) is 0 Å². The maximum absolute atomic E-state index is 13.3. The molecule has 0 spiro atoms. The van der Waals surface area contributed by atoms with E-state index in [1.807, 2.05) is 13.8 Å². The third-order valence-corrected chi connectivity index (χ3v) is 8.14. The fourth-order valence-corrected chi connectivity index (χ4v) is 6.02. The van der Waals surface area contributed by atoms with Gasteiger partial charge < -0.3 is 14.9 Å². The highest BCUT2D eigenvalue weighted by molar-refractivity contribution is 9.11. The molecule has 3 atom stereocenters. The summed E-state index contributed by atoms with van der Waals surface area (Å²) in [7, 11) is -3.78. The molecule has 1 aliphatic rings. The van der Waals surface area contributed by atoms with Crippen LogP contribution in [0.3, 0.4) is 0 Å². The number of aliphatic hydroxyl groups excluding tert-OH is 2. The minimum atomic E-state index is -3.78. The van der Waals surface area contributed by atoms with Crippen molar-refractivity contribution in [3.63, 3.8) is 0 Å². The SMILES string of the molecule is CCCN(CCC)S(=O)(=O)c1ccc(C(=O)n2c(=O)c(C=CBr)cn([C@H]3C[C@H](O)[C@@H](CO)O3)c2=O)cc1. The molecule has 0 unspecified atom stereocenters. The van der Waals surface area contributed by atoms with E-state index in [1.54, 1.807) is 0 Å². The van der Waals surface area contributed by atoms with Gasteiger partial charge in [-0.3, -0.25) is 14.2 Å². The topological polar surface area (TPSA) is 148 Å². The van der Waals surface area contributed by atoms with Crippen LogP contribution in [0.4, 0.5) is 0 Å². The normalized spacial score (nSPS) is 20.2. The van der Waals surface area contributed by atoms with Gasteiger partial charge in [-0.05, 0) is 48.2 Å². The molecule has 0 bridgehead atoms. The molecule has 1 aliphatic heterocycles. The van der Waals surface area contributed by atoms with E-state index in [9.17, 15) is 33.0 Å². The first-order chi connectivity index (χ1) is 17.6. The van der Waals surface area contributed by atoms with Crippen LogP contribution >= 0.6 is 15.9 Å². The van der Waals surface area contributed by atoms with Crippen molar-refractivity contribution < 1.29 is 28.2 Å². The average Bonchev–Trinajstić information content (AvgIpc) is 3.25. The fraction of sp³-hybridized carbons (Fsp3) is 0.458. The van der Waals surface area contributed by atoms with Crippen LogP contribution in [-0.4, -0.2) is 69.9 Å². The maximum atomic E-state index is 13.3. The van der Waals surface area contributed by atoms with Crippen LogP contribution in [0.2, 0.25) is 0 Å². The fourth-order valence-electron chi connectivity index (χ4n) is 4.11. The third-order valence-electron chi connectivity index (χ3n) is 5.97. The molecule has 13 heteroatoms. The number of aliphatic hydroxyl groups is 2. The van der Waals surface area contributed by atoms with Crippen molar-refractivity contribution in [3.8, 4) is 0 Å². The van der Waals surface area contributed by atoms with Gasteiger partial charge in [-0.15, -0.1) is 0 Å². The lowest BCUT2D eigenvalue weighted by molar-refractivity contribution is -0.0462. The van der Waals surface area contributed by atoms with Crippen molar-refractivity contribution in [3.05, 3.63) is 67.4 Å². The van der Waals surface area contributed by atoms with Crippen LogP contribution in [0.1, 0.15) is 55.3 Å². The number of ether oxygens (including phenoxy) is 1.